The van der Waals surface area contributed by atoms with Crippen LogP contribution in [0.15, 0.2) is 48.8 Å². The molecule has 114 valence electrons. The van der Waals surface area contributed by atoms with Crippen LogP contribution in [0.1, 0.15) is 5.56 Å². The van der Waals surface area contributed by atoms with Gasteiger partial charge in [-0.05, 0) is 36.2 Å². The molecule has 0 bridgehead atoms. The molecule has 5 nitrogen and oxygen atoms in total. The van der Waals surface area contributed by atoms with Crippen LogP contribution in [0.3, 0.4) is 0 Å². The van der Waals surface area contributed by atoms with Crippen LogP contribution in [0.5, 0.6) is 0 Å². The maximum absolute atomic E-state index is 13.4. The lowest BCUT2D eigenvalue weighted by Crippen LogP contribution is -2.38. The highest BCUT2D eigenvalue weighted by atomic mass is 19.1. The van der Waals surface area contributed by atoms with Gasteiger partial charge in [-0.15, -0.1) is 0 Å². The fourth-order valence-electron chi connectivity index (χ4n) is 1.86. The third-order valence-corrected chi connectivity index (χ3v) is 3.15. The molecule has 22 heavy (non-hydrogen) atoms. The predicted molar refractivity (Wildman–Crippen MR) is 80.6 cm³/mol. The lowest BCUT2D eigenvalue weighted by Gasteiger charge is -2.16. The molecule has 0 radical (unpaired) electrons. The van der Waals surface area contributed by atoms with Gasteiger partial charge in [-0.1, -0.05) is 12.1 Å². The summed E-state index contributed by atoms with van der Waals surface area (Å²) in [4.78, 5) is 29.0. The summed E-state index contributed by atoms with van der Waals surface area (Å²) in [5.41, 5.74) is 1.01. The summed E-state index contributed by atoms with van der Waals surface area (Å²) in [7, 11) is 1.53. The number of hydrogen-bond acceptors (Lipinski definition) is 3. The van der Waals surface area contributed by atoms with E-state index in [1.165, 1.54) is 30.1 Å². The standard InChI is InChI=1S/C16H16FN3O2/c1-20(11-8-12-6-9-18-10-7-12)16(22)15(21)19-14-5-3-2-4-13(14)17/h2-7,9-10H,8,11H2,1H3,(H,19,21). The molecular weight excluding hydrogens is 285 g/mol. The van der Waals surface area contributed by atoms with E-state index >= 15 is 0 Å². The fraction of sp³-hybridized carbons (Fsp3) is 0.188. The highest BCUT2D eigenvalue weighted by Crippen LogP contribution is 2.12. The van der Waals surface area contributed by atoms with Crippen LogP contribution in [0, 0.1) is 5.82 Å². The molecule has 2 amide bonds. The number of hydrogen-bond donors (Lipinski definition) is 1. The molecule has 0 unspecified atom stereocenters. The van der Waals surface area contributed by atoms with Gasteiger partial charge >= 0.3 is 11.8 Å². The van der Waals surface area contributed by atoms with Gasteiger partial charge in [-0.2, -0.15) is 0 Å². The van der Waals surface area contributed by atoms with Crippen molar-refractivity contribution in [1.29, 1.82) is 0 Å². The Morgan fingerprint density at radius 3 is 2.55 bits per heavy atom. The van der Waals surface area contributed by atoms with Gasteiger partial charge in [0.1, 0.15) is 5.82 Å². The topological polar surface area (TPSA) is 62.3 Å². The number of carbonyl (C=O) groups is 2. The molecule has 0 aliphatic rings. The predicted octanol–water partition coefficient (Wildman–Crippen LogP) is 1.86. The smallest absolute Gasteiger partial charge is 0.313 e. The second-order valence-electron chi connectivity index (χ2n) is 4.77. The molecule has 2 rings (SSSR count). The van der Waals surface area contributed by atoms with Gasteiger partial charge < -0.3 is 10.2 Å². The zero-order chi connectivity index (χ0) is 15.9. The molecule has 0 fully saturated rings. The number of rotatable bonds is 4. The van der Waals surface area contributed by atoms with Gasteiger partial charge in [0.25, 0.3) is 0 Å². The average Bonchev–Trinajstić information content (AvgIpc) is 2.55. The van der Waals surface area contributed by atoms with Crippen molar-refractivity contribution in [2.45, 2.75) is 6.42 Å². The minimum atomic E-state index is -0.859. The van der Waals surface area contributed by atoms with Crippen LogP contribution in [0.25, 0.3) is 0 Å². The van der Waals surface area contributed by atoms with E-state index in [9.17, 15) is 14.0 Å². The Labute approximate surface area is 127 Å². The lowest BCUT2D eigenvalue weighted by atomic mass is 10.2. The molecule has 1 heterocycles. The molecule has 0 aliphatic carbocycles. The van der Waals surface area contributed by atoms with Crippen LogP contribution in [0.4, 0.5) is 10.1 Å². The Balaban J connectivity index is 1.90. The summed E-state index contributed by atoms with van der Waals surface area (Å²) in [5, 5.41) is 2.27. The van der Waals surface area contributed by atoms with E-state index in [1.54, 1.807) is 18.5 Å². The Morgan fingerprint density at radius 2 is 1.86 bits per heavy atom. The van der Waals surface area contributed by atoms with Crippen LogP contribution < -0.4 is 5.32 Å². The number of amides is 2. The first-order chi connectivity index (χ1) is 10.6. The zero-order valence-electron chi connectivity index (χ0n) is 12.1. The van der Waals surface area contributed by atoms with Crippen LogP contribution in [-0.4, -0.2) is 35.3 Å². The van der Waals surface area contributed by atoms with Gasteiger partial charge in [0.2, 0.25) is 0 Å². The van der Waals surface area contributed by atoms with Crippen LogP contribution in [-0.2, 0) is 16.0 Å². The number of carbonyl (C=O) groups excluding carboxylic acids is 2. The van der Waals surface area contributed by atoms with Crippen LogP contribution in [0.2, 0.25) is 0 Å². The molecule has 1 N–H and O–H groups in total. The van der Waals surface area contributed by atoms with Crippen molar-refractivity contribution in [3.8, 4) is 0 Å². The first-order valence-corrected chi connectivity index (χ1v) is 6.78. The minimum Gasteiger partial charge on any atom is -0.337 e. The summed E-state index contributed by atoms with van der Waals surface area (Å²) in [6.07, 6.45) is 3.95. The largest absolute Gasteiger partial charge is 0.337 e. The Hall–Kier alpha value is -2.76. The van der Waals surface area contributed by atoms with E-state index in [0.29, 0.717) is 13.0 Å². The summed E-state index contributed by atoms with van der Waals surface area (Å²) in [6.45, 7) is 0.382. The van der Waals surface area contributed by atoms with Crippen molar-refractivity contribution < 1.29 is 14.0 Å². The maximum Gasteiger partial charge on any atom is 0.313 e. The van der Waals surface area contributed by atoms with Crippen molar-refractivity contribution in [3.05, 3.63) is 60.2 Å². The quantitative estimate of drug-likeness (QED) is 0.877. The number of para-hydroxylation sites is 1. The van der Waals surface area contributed by atoms with E-state index in [1.807, 2.05) is 12.1 Å². The maximum atomic E-state index is 13.4. The Morgan fingerprint density at radius 1 is 1.18 bits per heavy atom. The number of nitrogens with zero attached hydrogens (tertiary/aromatic N) is 2. The summed E-state index contributed by atoms with van der Waals surface area (Å²) >= 11 is 0. The van der Waals surface area contributed by atoms with Crippen LogP contribution >= 0.6 is 0 Å². The molecule has 0 saturated carbocycles. The second kappa shape index (κ2) is 7.31. The first-order valence-electron chi connectivity index (χ1n) is 6.78. The van der Waals surface area contributed by atoms with E-state index in [4.69, 9.17) is 0 Å². The third kappa shape index (κ3) is 4.12. The van der Waals surface area contributed by atoms with Crippen molar-refractivity contribution >= 4 is 17.5 Å². The number of benzene rings is 1. The van der Waals surface area contributed by atoms with Crippen molar-refractivity contribution in [2.75, 3.05) is 18.9 Å². The van der Waals surface area contributed by atoms with E-state index in [2.05, 4.69) is 10.3 Å². The molecule has 0 saturated heterocycles. The van der Waals surface area contributed by atoms with Crippen molar-refractivity contribution in [2.24, 2.45) is 0 Å². The Bertz CT molecular complexity index is 661. The number of nitrogens with one attached hydrogen (secondary N) is 1. The zero-order valence-corrected chi connectivity index (χ0v) is 12.1. The van der Waals surface area contributed by atoms with Gasteiger partial charge in [0.15, 0.2) is 0 Å². The number of anilines is 1. The van der Waals surface area contributed by atoms with Crippen molar-refractivity contribution in [1.82, 2.24) is 9.88 Å². The highest BCUT2D eigenvalue weighted by molar-refractivity contribution is 6.39. The molecule has 1 aromatic carbocycles. The molecular formula is C16H16FN3O2. The van der Waals surface area contributed by atoms with Gasteiger partial charge in [0.05, 0.1) is 5.69 Å². The molecule has 0 aliphatic heterocycles. The number of aromatic nitrogens is 1. The average molecular weight is 301 g/mol. The second-order valence-corrected chi connectivity index (χ2v) is 4.77. The molecule has 1 aromatic heterocycles. The molecule has 0 spiro atoms. The monoisotopic (exact) mass is 301 g/mol. The first kappa shape index (κ1) is 15.6. The molecule has 6 heteroatoms. The van der Waals surface area contributed by atoms with E-state index in [-0.39, 0.29) is 5.69 Å². The van der Waals surface area contributed by atoms with Gasteiger partial charge in [-0.25, -0.2) is 4.39 Å². The number of halogens is 1. The Kier molecular flexibility index (Phi) is 5.19. The number of pyridine rings is 1. The van der Waals surface area contributed by atoms with Gasteiger partial charge in [0, 0.05) is 26.0 Å². The highest BCUT2D eigenvalue weighted by Gasteiger charge is 2.19. The minimum absolute atomic E-state index is 0.0108. The third-order valence-electron chi connectivity index (χ3n) is 3.15. The molecule has 2 aromatic rings. The number of likely N-dealkylation sites (N-methyl/N-ethyl adjacent to an activating group) is 1. The fourth-order valence-corrected chi connectivity index (χ4v) is 1.86. The van der Waals surface area contributed by atoms with E-state index < -0.39 is 17.6 Å². The van der Waals surface area contributed by atoms with Crippen molar-refractivity contribution in [3.63, 3.8) is 0 Å². The lowest BCUT2D eigenvalue weighted by molar-refractivity contribution is -0.142. The molecule has 0 atom stereocenters. The summed E-state index contributed by atoms with van der Waals surface area (Å²) in [6, 6.07) is 9.39. The SMILES string of the molecule is CN(CCc1ccncc1)C(=O)C(=O)Nc1ccccc1F. The van der Waals surface area contributed by atoms with Gasteiger partial charge in [-0.3, -0.25) is 14.6 Å². The summed E-state index contributed by atoms with van der Waals surface area (Å²) < 4.78 is 13.4. The normalized spacial score (nSPS) is 10.1. The van der Waals surface area contributed by atoms with E-state index in [0.717, 1.165) is 5.56 Å². The summed E-state index contributed by atoms with van der Waals surface area (Å²) in [5.74, 6) is -2.15.